The molecule has 0 fully saturated rings. The standard InChI is InChI=1S/C29H23F2NO4/c1-16-22-13-24-25(19-5-9-21(31)10-6-19)15-35-27(24)17(2)28(22)36-29(34)23(16)14-26(33)32-12-11-18-3-7-20(30)8-4-18/h3-10,13,15H,11-12,14H2,1-2H3,(H,32,33). The maximum Gasteiger partial charge on any atom is 0.340 e. The zero-order valence-corrected chi connectivity index (χ0v) is 19.8. The number of amides is 1. The Kier molecular flexibility index (Phi) is 6.14. The van der Waals surface area contributed by atoms with Gasteiger partial charge in [-0.2, -0.15) is 0 Å². The van der Waals surface area contributed by atoms with Gasteiger partial charge in [0, 0.05) is 28.4 Å². The molecule has 0 saturated carbocycles. The van der Waals surface area contributed by atoms with E-state index in [0.717, 1.165) is 22.1 Å². The number of carbonyl (C=O) groups excluding carboxylic acids is 1. The van der Waals surface area contributed by atoms with E-state index in [1.54, 1.807) is 37.5 Å². The maximum absolute atomic E-state index is 13.4. The Bertz CT molecular complexity index is 1650. The van der Waals surface area contributed by atoms with Crippen LogP contribution in [-0.4, -0.2) is 12.5 Å². The molecular formula is C29H23F2NO4. The van der Waals surface area contributed by atoms with Crippen LogP contribution in [0.4, 0.5) is 8.78 Å². The van der Waals surface area contributed by atoms with E-state index < -0.39 is 5.63 Å². The molecule has 5 aromatic rings. The zero-order chi connectivity index (χ0) is 25.4. The first kappa shape index (κ1) is 23.5. The molecule has 2 aromatic heterocycles. The molecule has 0 aliphatic heterocycles. The Morgan fingerprint density at radius 3 is 2.25 bits per heavy atom. The topological polar surface area (TPSA) is 72.5 Å². The first-order valence-electron chi connectivity index (χ1n) is 11.6. The third-order valence-electron chi connectivity index (χ3n) is 6.48. The molecule has 182 valence electrons. The zero-order valence-electron chi connectivity index (χ0n) is 19.8. The van der Waals surface area contributed by atoms with Crippen LogP contribution < -0.4 is 10.9 Å². The summed E-state index contributed by atoms with van der Waals surface area (Å²) in [4.78, 5) is 25.4. The van der Waals surface area contributed by atoms with Crippen LogP contribution in [0.5, 0.6) is 0 Å². The van der Waals surface area contributed by atoms with Gasteiger partial charge in [0.25, 0.3) is 0 Å². The van der Waals surface area contributed by atoms with E-state index in [2.05, 4.69) is 5.32 Å². The van der Waals surface area contributed by atoms with Crippen molar-refractivity contribution in [2.45, 2.75) is 26.7 Å². The first-order chi connectivity index (χ1) is 17.3. The van der Waals surface area contributed by atoms with Crippen LogP contribution in [-0.2, 0) is 17.6 Å². The summed E-state index contributed by atoms with van der Waals surface area (Å²) in [6.45, 7) is 3.97. The average Bonchev–Trinajstić information content (AvgIpc) is 3.29. The molecule has 0 saturated heterocycles. The van der Waals surface area contributed by atoms with Crippen molar-refractivity contribution in [3.05, 3.63) is 105 Å². The molecule has 5 nitrogen and oxygen atoms in total. The van der Waals surface area contributed by atoms with Crippen LogP contribution >= 0.6 is 0 Å². The number of hydrogen-bond donors (Lipinski definition) is 1. The number of fused-ring (bicyclic) bond motifs is 2. The van der Waals surface area contributed by atoms with E-state index in [1.165, 1.54) is 24.3 Å². The largest absolute Gasteiger partial charge is 0.463 e. The molecule has 36 heavy (non-hydrogen) atoms. The third kappa shape index (κ3) is 4.40. The lowest BCUT2D eigenvalue weighted by Gasteiger charge is -2.11. The number of hydrogen-bond acceptors (Lipinski definition) is 4. The predicted octanol–water partition coefficient (Wildman–Crippen LogP) is 6.00. The van der Waals surface area contributed by atoms with Gasteiger partial charge in [-0.15, -0.1) is 0 Å². The van der Waals surface area contributed by atoms with E-state index in [0.29, 0.717) is 40.6 Å². The van der Waals surface area contributed by atoms with Gasteiger partial charge in [-0.1, -0.05) is 24.3 Å². The maximum atomic E-state index is 13.4. The Hall–Kier alpha value is -4.26. The summed E-state index contributed by atoms with van der Waals surface area (Å²) in [5, 5.41) is 4.32. The van der Waals surface area contributed by atoms with Crippen molar-refractivity contribution in [3.63, 3.8) is 0 Å². The van der Waals surface area contributed by atoms with E-state index in [-0.39, 0.29) is 29.5 Å². The molecule has 0 aliphatic rings. The van der Waals surface area contributed by atoms with Gasteiger partial charge >= 0.3 is 5.63 Å². The van der Waals surface area contributed by atoms with Crippen molar-refractivity contribution >= 4 is 27.8 Å². The SMILES string of the molecule is Cc1c(CC(=O)NCCc2ccc(F)cc2)c(=O)oc2c(C)c3occ(-c4ccc(F)cc4)c3cc12. The second-order valence-corrected chi connectivity index (χ2v) is 8.81. The average molecular weight is 488 g/mol. The fourth-order valence-corrected chi connectivity index (χ4v) is 4.47. The smallest absolute Gasteiger partial charge is 0.340 e. The van der Waals surface area contributed by atoms with Gasteiger partial charge in [-0.25, -0.2) is 13.6 Å². The summed E-state index contributed by atoms with van der Waals surface area (Å²) in [7, 11) is 0. The first-order valence-corrected chi connectivity index (χ1v) is 11.6. The summed E-state index contributed by atoms with van der Waals surface area (Å²) in [5.41, 5.74) is 4.52. The summed E-state index contributed by atoms with van der Waals surface area (Å²) in [6.07, 6.45) is 2.02. The van der Waals surface area contributed by atoms with Crippen LogP contribution in [0.2, 0.25) is 0 Å². The summed E-state index contributed by atoms with van der Waals surface area (Å²) in [6, 6.07) is 14.1. The molecule has 1 amide bonds. The van der Waals surface area contributed by atoms with Crippen LogP contribution in [0.3, 0.4) is 0 Å². The minimum Gasteiger partial charge on any atom is -0.463 e. The molecule has 0 unspecified atom stereocenters. The van der Waals surface area contributed by atoms with Crippen LogP contribution in [0.15, 0.2) is 74.5 Å². The van der Waals surface area contributed by atoms with E-state index in [4.69, 9.17) is 8.83 Å². The van der Waals surface area contributed by atoms with E-state index in [9.17, 15) is 18.4 Å². The molecular weight excluding hydrogens is 464 g/mol. The summed E-state index contributed by atoms with van der Waals surface area (Å²) in [5.74, 6) is -0.944. The molecule has 0 bridgehead atoms. The van der Waals surface area contributed by atoms with Gasteiger partial charge < -0.3 is 14.2 Å². The molecule has 0 atom stereocenters. The monoisotopic (exact) mass is 487 g/mol. The Morgan fingerprint density at radius 2 is 1.56 bits per heavy atom. The van der Waals surface area contributed by atoms with Crippen molar-refractivity contribution < 1.29 is 22.4 Å². The van der Waals surface area contributed by atoms with Gasteiger partial charge in [0.15, 0.2) is 0 Å². The minimum absolute atomic E-state index is 0.124. The molecule has 0 radical (unpaired) electrons. The van der Waals surface area contributed by atoms with Gasteiger partial charge in [0.1, 0.15) is 22.8 Å². The normalized spacial score (nSPS) is 11.3. The number of furan rings is 1. The van der Waals surface area contributed by atoms with Gasteiger partial charge in [0.05, 0.1) is 18.2 Å². The Labute approximate surface area is 205 Å². The molecule has 2 heterocycles. The number of benzene rings is 3. The number of aryl methyl sites for hydroxylation is 2. The van der Waals surface area contributed by atoms with Crippen molar-refractivity contribution in [1.82, 2.24) is 5.32 Å². The highest BCUT2D eigenvalue weighted by Crippen LogP contribution is 2.37. The summed E-state index contributed by atoms with van der Waals surface area (Å²) < 4.78 is 37.9. The van der Waals surface area contributed by atoms with Gasteiger partial charge in [0.2, 0.25) is 5.91 Å². The molecule has 0 aliphatic carbocycles. The number of halogens is 2. The highest BCUT2D eigenvalue weighted by molar-refractivity contribution is 6.05. The minimum atomic E-state index is -0.568. The number of carbonyl (C=O) groups is 1. The third-order valence-corrected chi connectivity index (χ3v) is 6.48. The quantitative estimate of drug-likeness (QED) is 0.298. The molecule has 7 heteroatoms. The highest BCUT2D eigenvalue weighted by Gasteiger charge is 2.20. The van der Waals surface area contributed by atoms with E-state index in [1.807, 2.05) is 13.0 Å². The molecule has 0 spiro atoms. The molecule has 3 aromatic carbocycles. The fraction of sp³-hybridized carbons (Fsp3) is 0.172. The number of nitrogens with one attached hydrogen (secondary N) is 1. The summed E-state index contributed by atoms with van der Waals surface area (Å²) >= 11 is 0. The Morgan fingerprint density at radius 1 is 0.889 bits per heavy atom. The van der Waals surface area contributed by atoms with Crippen LogP contribution in [0.1, 0.15) is 22.3 Å². The van der Waals surface area contributed by atoms with Gasteiger partial charge in [-0.3, -0.25) is 4.79 Å². The van der Waals surface area contributed by atoms with Gasteiger partial charge in [-0.05, 0) is 67.3 Å². The predicted molar refractivity (Wildman–Crippen MR) is 134 cm³/mol. The van der Waals surface area contributed by atoms with Crippen molar-refractivity contribution in [1.29, 1.82) is 0 Å². The van der Waals surface area contributed by atoms with Crippen LogP contribution in [0.25, 0.3) is 33.1 Å². The Balaban J connectivity index is 1.45. The lowest BCUT2D eigenvalue weighted by molar-refractivity contribution is -0.120. The second-order valence-electron chi connectivity index (χ2n) is 8.81. The molecule has 5 rings (SSSR count). The lowest BCUT2D eigenvalue weighted by Crippen LogP contribution is -2.29. The van der Waals surface area contributed by atoms with Crippen molar-refractivity contribution in [2.24, 2.45) is 0 Å². The van der Waals surface area contributed by atoms with Crippen molar-refractivity contribution in [2.75, 3.05) is 6.54 Å². The fourth-order valence-electron chi connectivity index (χ4n) is 4.47. The second kappa shape index (κ2) is 9.41. The highest BCUT2D eigenvalue weighted by atomic mass is 19.1. The van der Waals surface area contributed by atoms with E-state index >= 15 is 0 Å². The number of rotatable bonds is 6. The van der Waals surface area contributed by atoms with Crippen molar-refractivity contribution in [3.8, 4) is 11.1 Å². The van der Waals surface area contributed by atoms with Crippen LogP contribution in [0, 0.1) is 25.5 Å². The lowest BCUT2D eigenvalue weighted by atomic mass is 9.97. The molecule has 1 N–H and O–H groups in total.